The van der Waals surface area contributed by atoms with Crippen molar-refractivity contribution in [2.75, 3.05) is 26.8 Å². The van der Waals surface area contributed by atoms with E-state index in [9.17, 15) is 9.90 Å². The maximum absolute atomic E-state index is 12.1. The Morgan fingerprint density at radius 1 is 1.45 bits per heavy atom. The third kappa shape index (κ3) is 5.29. The summed E-state index contributed by atoms with van der Waals surface area (Å²) in [7, 11) is 1.68. The zero-order valence-electron chi connectivity index (χ0n) is 13.4. The standard InChI is InChI=1S/C15H29NO4/c1-11(7-9-19-5)12-10-16(8-6-13(12)17)14(18)20-15(2,3)4/h11-13,17H,6-10H2,1-5H3. The Hall–Kier alpha value is -0.810. The van der Waals surface area contributed by atoms with Crippen molar-refractivity contribution in [1.29, 1.82) is 0 Å². The van der Waals surface area contributed by atoms with Crippen LogP contribution >= 0.6 is 0 Å². The van der Waals surface area contributed by atoms with Gasteiger partial charge in [0.15, 0.2) is 0 Å². The number of likely N-dealkylation sites (tertiary alicyclic amines) is 1. The lowest BCUT2D eigenvalue weighted by molar-refractivity contribution is -0.0232. The molecule has 5 heteroatoms. The van der Waals surface area contributed by atoms with E-state index in [1.807, 2.05) is 20.8 Å². The Morgan fingerprint density at radius 2 is 2.10 bits per heavy atom. The number of methoxy groups -OCH3 is 1. The average molecular weight is 287 g/mol. The maximum atomic E-state index is 12.1. The van der Waals surface area contributed by atoms with Crippen LogP contribution in [0.1, 0.15) is 40.5 Å². The molecule has 0 saturated carbocycles. The van der Waals surface area contributed by atoms with E-state index in [4.69, 9.17) is 9.47 Å². The molecular weight excluding hydrogens is 258 g/mol. The van der Waals surface area contributed by atoms with E-state index in [1.54, 1.807) is 12.0 Å². The van der Waals surface area contributed by atoms with Gasteiger partial charge < -0.3 is 19.5 Å². The highest BCUT2D eigenvalue weighted by atomic mass is 16.6. The first-order chi connectivity index (χ1) is 9.24. The molecule has 0 aromatic rings. The fraction of sp³-hybridized carbons (Fsp3) is 0.933. The number of piperidine rings is 1. The van der Waals surface area contributed by atoms with Gasteiger partial charge >= 0.3 is 6.09 Å². The zero-order chi connectivity index (χ0) is 15.3. The van der Waals surface area contributed by atoms with Gasteiger partial charge in [-0.15, -0.1) is 0 Å². The summed E-state index contributed by atoms with van der Waals surface area (Å²) >= 11 is 0. The molecule has 0 aliphatic carbocycles. The Balaban J connectivity index is 2.58. The predicted molar refractivity (Wildman–Crippen MR) is 77.6 cm³/mol. The van der Waals surface area contributed by atoms with Gasteiger partial charge in [-0.25, -0.2) is 4.79 Å². The first-order valence-electron chi connectivity index (χ1n) is 7.39. The highest BCUT2D eigenvalue weighted by Gasteiger charge is 2.35. The second kappa shape index (κ2) is 7.27. The first-order valence-corrected chi connectivity index (χ1v) is 7.39. The largest absolute Gasteiger partial charge is 0.444 e. The van der Waals surface area contributed by atoms with Gasteiger partial charge in [0, 0.05) is 32.7 Å². The summed E-state index contributed by atoms with van der Waals surface area (Å²) in [5.41, 5.74) is -0.482. The van der Waals surface area contributed by atoms with Crippen molar-refractivity contribution in [2.24, 2.45) is 11.8 Å². The van der Waals surface area contributed by atoms with E-state index >= 15 is 0 Å². The number of aliphatic hydroxyl groups is 1. The molecule has 0 aromatic heterocycles. The predicted octanol–water partition coefficient (Wildman–Crippen LogP) is 2.28. The number of amides is 1. The van der Waals surface area contributed by atoms with Crippen LogP contribution in [0.4, 0.5) is 4.79 Å². The molecule has 1 rings (SSSR count). The van der Waals surface area contributed by atoms with Crippen LogP contribution in [0.3, 0.4) is 0 Å². The van der Waals surface area contributed by atoms with E-state index in [0.29, 0.717) is 32.0 Å². The SMILES string of the molecule is COCCC(C)C1CN(C(=O)OC(C)(C)C)CCC1O. The Labute approximate surface area is 122 Å². The van der Waals surface area contributed by atoms with Crippen LogP contribution in [0.15, 0.2) is 0 Å². The maximum Gasteiger partial charge on any atom is 0.410 e. The molecule has 1 heterocycles. The molecule has 0 radical (unpaired) electrons. The first kappa shape index (κ1) is 17.2. The molecule has 0 aromatic carbocycles. The van der Waals surface area contributed by atoms with E-state index in [0.717, 1.165) is 6.42 Å². The fourth-order valence-corrected chi connectivity index (χ4v) is 2.54. The molecule has 118 valence electrons. The van der Waals surface area contributed by atoms with Crippen molar-refractivity contribution in [3.8, 4) is 0 Å². The third-order valence-electron chi connectivity index (χ3n) is 3.78. The minimum Gasteiger partial charge on any atom is -0.444 e. The molecule has 20 heavy (non-hydrogen) atoms. The normalized spacial score (nSPS) is 25.4. The summed E-state index contributed by atoms with van der Waals surface area (Å²) in [6.45, 7) is 9.49. The summed E-state index contributed by atoms with van der Waals surface area (Å²) in [6, 6.07) is 0. The number of aliphatic hydroxyl groups excluding tert-OH is 1. The van der Waals surface area contributed by atoms with E-state index < -0.39 is 5.60 Å². The molecular formula is C15H29NO4. The quantitative estimate of drug-likeness (QED) is 0.862. The molecule has 0 bridgehead atoms. The van der Waals surface area contributed by atoms with Gasteiger partial charge in [0.05, 0.1) is 6.10 Å². The number of hydrogen-bond donors (Lipinski definition) is 1. The van der Waals surface area contributed by atoms with Crippen LogP contribution in [0.25, 0.3) is 0 Å². The van der Waals surface area contributed by atoms with Crippen LogP contribution in [-0.2, 0) is 9.47 Å². The lowest BCUT2D eigenvalue weighted by atomic mass is 9.83. The highest BCUT2D eigenvalue weighted by molar-refractivity contribution is 5.68. The van der Waals surface area contributed by atoms with Gasteiger partial charge in [0.25, 0.3) is 0 Å². The van der Waals surface area contributed by atoms with Crippen molar-refractivity contribution in [2.45, 2.75) is 52.2 Å². The average Bonchev–Trinajstić information content (AvgIpc) is 2.34. The molecule has 1 N–H and O–H groups in total. The molecule has 0 spiro atoms. The van der Waals surface area contributed by atoms with E-state index in [-0.39, 0.29) is 18.1 Å². The summed E-state index contributed by atoms with van der Waals surface area (Å²) < 4.78 is 10.5. The summed E-state index contributed by atoms with van der Waals surface area (Å²) in [5, 5.41) is 10.2. The van der Waals surface area contributed by atoms with Gasteiger partial charge in [-0.1, -0.05) is 6.92 Å². The van der Waals surface area contributed by atoms with Crippen LogP contribution in [0, 0.1) is 11.8 Å². The molecule has 1 aliphatic heterocycles. The molecule has 5 nitrogen and oxygen atoms in total. The third-order valence-corrected chi connectivity index (χ3v) is 3.78. The fourth-order valence-electron chi connectivity index (χ4n) is 2.54. The Morgan fingerprint density at radius 3 is 2.65 bits per heavy atom. The number of ether oxygens (including phenoxy) is 2. The second-order valence-electron chi connectivity index (χ2n) is 6.70. The van der Waals surface area contributed by atoms with Crippen molar-refractivity contribution in [3.63, 3.8) is 0 Å². The van der Waals surface area contributed by atoms with Crippen molar-refractivity contribution in [3.05, 3.63) is 0 Å². The van der Waals surface area contributed by atoms with Gasteiger partial charge in [0.1, 0.15) is 5.60 Å². The lowest BCUT2D eigenvalue weighted by Gasteiger charge is -2.39. The Bertz CT molecular complexity index is 313. The van der Waals surface area contributed by atoms with Gasteiger partial charge in [0.2, 0.25) is 0 Å². The molecule has 1 saturated heterocycles. The summed E-state index contributed by atoms with van der Waals surface area (Å²) in [4.78, 5) is 13.8. The number of rotatable bonds is 4. The number of hydrogen-bond acceptors (Lipinski definition) is 4. The molecule has 3 atom stereocenters. The van der Waals surface area contributed by atoms with Crippen molar-refractivity contribution < 1.29 is 19.4 Å². The van der Waals surface area contributed by atoms with Gasteiger partial charge in [-0.3, -0.25) is 0 Å². The van der Waals surface area contributed by atoms with Gasteiger partial charge in [-0.05, 0) is 39.5 Å². The van der Waals surface area contributed by atoms with Crippen molar-refractivity contribution in [1.82, 2.24) is 4.90 Å². The highest BCUT2D eigenvalue weighted by Crippen LogP contribution is 2.27. The number of carbonyl (C=O) groups excluding carboxylic acids is 1. The van der Waals surface area contributed by atoms with Crippen LogP contribution in [-0.4, -0.2) is 54.6 Å². The lowest BCUT2D eigenvalue weighted by Crippen LogP contribution is -2.49. The van der Waals surface area contributed by atoms with E-state index in [1.165, 1.54) is 0 Å². The molecule has 1 aliphatic rings. The monoisotopic (exact) mass is 287 g/mol. The number of carbonyl (C=O) groups is 1. The molecule has 1 fully saturated rings. The van der Waals surface area contributed by atoms with Gasteiger partial charge in [-0.2, -0.15) is 0 Å². The zero-order valence-corrected chi connectivity index (χ0v) is 13.4. The van der Waals surface area contributed by atoms with Crippen LogP contribution in [0.2, 0.25) is 0 Å². The van der Waals surface area contributed by atoms with E-state index in [2.05, 4.69) is 6.92 Å². The Kier molecular flexibility index (Phi) is 6.27. The second-order valence-corrected chi connectivity index (χ2v) is 6.70. The minimum atomic E-state index is -0.482. The van der Waals surface area contributed by atoms with Crippen LogP contribution < -0.4 is 0 Å². The summed E-state index contributed by atoms with van der Waals surface area (Å²) in [6.07, 6.45) is 0.871. The minimum absolute atomic E-state index is 0.0893. The molecule has 3 unspecified atom stereocenters. The topological polar surface area (TPSA) is 59.0 Å². The number of nitrogens with zero attached hydrogens (tertiary/aromatic N) is 1. The van der Waals surface area contributed by atoms with Crippen LogP contribution in [0.5, 0.6) is 0 Å². The van der Waals surface area contributed by atoms with Crippen molar-refractivity contribution >= 4 is 6.09 Å². The summed E-state index contributed by atoms with van der Waals surface area (Å²) in [5.74, 6) is 0.404. The smallest absolute Gasteiger partial charge is 0.410 e. The molecule has 1 amide bonds.